The molecule has 0 unspecified atom stereocenters. The molecule has 2 aliphatic rings. The quantitative estimate of drug-likeness (QED) is 0.482. The molecule has 140 valence electrons. The van der Waals surface area contributed by atoms with E-state index in [4.69, 9.17) is 4.74 Å². The Kier molecular flexibility index (Phi) is 6.14. The SMILES string of the molecule is CCOC(=O)[C@@H]1CCCN([C@H]2CC(=O)N(c3ccc(Br)cc3Br)C2=O)C1. The molecule has 2 saturated heterocycles. The van der Waals surface area contributed by atoms with Gasteiger partial charge < -0.3 is 4.74 Å². The van der Waals surface area contributed by atoms with Gasteiger partial charge in [-0.15, -0.1) is 0 Å². The number of anilines is 1. The van der Waals surface area contributed by atoms with Gasteiger partial charge in [-0.25, -0.2) is 4.90 Å². The average Bonchev–Trinajstić information content (AvgIpc) is 2.90. The highest BCUT2D eigenvalue weighted by molar-refractivity contribution is 9.11. The molecule has 0 saturated carbocycles. The third kappa shape index (κ3) is 3.87. The lowest BCUT2D eigenvalue weighted by atomic mass is 9.96. The summed E-state index contributed by atoms with van der Waals surface area (Å²) in [6.07, 6.45) is 1.70. The number of halogens is 2. The maximum absolute atomic E-state index is 13.0. The predicted octanol–water partition coefficient (Wildman–Crippen LogP) is 3.12. The van der Waals surface area contributed by atoms with Crippen molar-refractivity contribution >= 4 is 55.3 Å². The molecular formula is C18H20Br2N2O4. The summed E-state index contributed by atoms with van der Waals surface area (Å²) in [5, 5.41) is 0. The summed E-state index contributed by atoms with van der Waals surface area (Å²) in [7, 11) is 0. The van der Waals surface area contributed by atoms with Crippen LogP contribution in [-0.4, -0.2) is 48.4 Å². The highest BCUT2D eigenvalue weighted by Gasteiger charge is 2.45. The van der Waals surface area contributed by atoms with Crippen LogP contribution in [0.1, 0.15) is 26.2 Å². The van der Waals surface area contributed by atoms with Crippen LogP contribution in [0.3, 0.4) is 0 Å². The van der Waals surface area contributed by atoms with Gasteiger partial charge in [0, 0.05) is 15.5 Å². The fraction of sp³-hybridized carbons (Fsp3) is 0.500. The highest BCUT2D eigenvalue weighted by atomic mass is 79.9. The van der Waals surface area contributed by atoms with E-state index in [9.17, 15) is 14.4 Å². The second-order valence-electron chi connectivity index (χ2n) is 6.47. The Hall–Kier alpha value is -1.25. The summed E-state index contributed by atoms with van der Waals surface area (Å²) >= 11 is 6.79. The average molecular weight is 488 g/mol. The van der Waals surface area contributed by atoms with E-state index in [1.165, 1.54) is 4.90 Å². The molecule has 1 aromatic rings. The van der Waals surface area contributed by atoms with E-state index in [1.54, 1.807) is 25.1 Å². The van der Waals surface area contributed by atoms with Gasteiger partial charge in [0.25, 0.3) is 5.91 Å². The van der Waals surface area contributed by atoms with Crippen molar-refractivity contribution < 1.29 is 19.1 Å². The first-order chi connectivity index (χ1) is 12.4. The number of hydrogen-bond acceptors (Lipinski definition) is 5. The fourth-order valence-corrected chi connectivity index (χ4v) is 4.78. The van der Waals surface area contributed by atoms with Crippen LogP contribution in [0, 0.1) is 5.92 Å². The Bertz CT molecular complexity index is 740. The molecule has 2 heterocycles. The van der Waals surface area contributed by atoms with Gasteiger partial charge in [0.1, 0.15) is 0 Å². The zero-order chi connectivity index (χ0) is 18.8. The predicted molar refractivity (Wildman–Crippen MR) is 104 cm³/mol. The van der Waals surface area contributed by atoms with Crippen LogP contribution in [0.25, 0.3) is 0 Å². The molecule has 0 bridgehead atoms. The lowest BCUT2D eigenvalue weighted by Crippen LogP contribution is -2.48. The topological polar surface area (TPSA) is 66.9 Å². The van der Waals surface area contributed by atoms with Crippen molar-refractivity contribution in [3.63, 3.8) is 0 Å². The molecule has 2 fully saturated rings. The molecule has 0 radical (unpaired) electrons. The van der Waals surface area contributed by atoms with Crippen molar-refractivity contribution in [1.29, 1.82) is 0 Å². The molecule has 26 heavy (non-hydrogen) atoms. The molecule has 1 aromatic carbocycles. The number of esters is 1. The lowest BCUT2D eigenvalue weighted by Gasteiger charge is -2.34. The minimum atomic E-state index is -0.518. The number of nitrogens with zero attached hydrogens (tertiary/aromatic N) is 2. The van der Waals surface area contributed by atoms with Crippen molar-refractivity contribution in [3.8, 4) is 0 Å². The molecule has 2 amide bonds. The summed E-state index contributed by atoms with van der Waals surface area (Å²) in [5.74, 6) is -0.912. The Morgan fingerprint density at radius 3 is 2.77 bits per heavy atom. The number of rotatable bonds is 4. The Balaban J connectivity index is 1.77. The minimum Gasteiger partial charge on any atom is -0.466 e. The van der Waals surface area contributed by atoms with Crippen molar-refractivity contribution in [1.82, 2.24) is 4.90 Å². The summed E-state index contributed by atoms with van der Waals surface area (Å²) in [5.41, 5.74) is 0.546. The second-order valence-corrected chi connectivity index (χ2v) is 8.24. The molecule has 0 aromatic heterocycles. The van der Waals surface area contributed by atoms with Crippen molar-refractivity contribution in [3.05, 3.63) is 27.1 Å². The van der Waals surface area contributed by atoms with E-state index in [-0.39, 0.29) is 30.1 Å². The molecule has 0 spiro atoms. The molecule has 3 rings (SSSR count). The molecule has 2 aliphatic heterocycles. The zero-order valence-electron chi connectivity index (χ0n) is 14.4. The third-order valence-corrected chi connectivity index (χ3v) is 5.92. The van der Waals surface area contributed by atoms with Crippen molar-refractivity contribution in [2.45, 2.75) is 32.2 Å². The van der Waals surface area contributed by atoms with E-state index in [1.807, 2.05) is 4.90 Å². The zero-order valence-corrected chi connectivity index (χ0v) is 17.6. The van der Waals surface area contributed by atoms with Crippen LogP contribution in [-0.2, 0) is 19.1 Å². The number of carbonyl (C=O) groups excluding carboxylic acids is 3. The summed E-state index contributed by atoms with van der Waals surface area (Å²) in [4.78, 5) is 40.8. The van der Waals surface area contributed by atoms with Crippen LogP contribution in [0.15, 0.2) is 27.1 Å². The number of benzene rings is 1. The second kappa shape index (κ2) is 8.19. The number of ether oxygens (including phenoxy) is 1. The maximum Gasteiger partial charge on any atom is 0.310 e. The first-order valence-corrected chi connectivity index (χ1v) is 10.2. The van der Waals surface area contributed by atoms with Crippen molar-refractivity contribution in [2.24, 2.45) is 5.92 Å². The van der Waals surface area contributed by atoms with Crippen LogP contribution >= 0.6 is 31.9 Å². The first kappa shape index (κ1) is 19.5. The summed E-state index contributed by atoms with van der Waals surface area (Å²) < 4.78 is 6.66. The standard InChI is InChI=1S/C18H20Br2N2O4/c1-2-26-18(25)11-4-3-7-21(10-11)15-9-16(23)22(17(15)24)14-6-5-12(19)8-13(14)20/h5-6,8,11,15H,2-4,7,9-10H2,1H3/t11-,15+/m1/s1. The third-order valence-electron chi connectivity index (χ3n) is 4.79. The van der Waals surface area contributed by atoms with Gasteiger partial charge in [0.15, 0.2) is 0 Å². The first-order valence-electron chi connectivity index (χ1n) is 8.65. The van der Waals surface area contributed by atoms with Crippen LogP contribution in [0.2, 0.25) is 0 Å². The summed E-state index contributed by atoms with van der Waals surface area (Å²) in [6, 6.07) is 4.83. The lowest BCUT2D eigenvalue weighted by molar-refractivity contribution is -0.150. The molecule has 0 N–H and O–H groups in total. The van der Waals surface area contributed by atoms with Crippen LogP contribution in [0.5, 0.6) is 0 Å². The molecule has 2 atom stereocenters. The van der Waals surface area contributed by atoms with E-state index in [0.717, 1.165) is 17.3 Å². The number of amides is 2. The van der Waals surface area contributed by atoms with Crippen molar-refractivity contribution in [2.75, 3.05) is 24.6 Å². The molecule has 0 aliphatic carbocycles. The normalized spacial score (nSPS) is 24.2. The number of piperidine rings is 1. The van der Waals surface area contributed by atoms with Gasteiger partial charge in [-0.1, -0.05) is 15.9 Å². The monoisotopic (exact) mass is 486 g/mol. The highest BCUT2D eigenvalue weighted by Crippen LogP contribution is 2.34. The molecule has 6 nitrogen and oxygen atoms in total. The van der Waals surface area contributed by atoms with Crippen LogP contribution in [0.4, 0.5) is 5.69 Å². The van der Waals surface area contributed by atoms with E-state index < -0.39 is 6.04 Å². The van der Waals surface area contributed by atoms with Crippen LogP contribution < -0.4 is 4.90 Å². The Morgan fingerprint density at radius 2 is 2.08 bits per heavy atom. The number of imide groups is 1. The number of hydrogen-bond donors (Lipinski definition) is 0. The maximum atomic E-state index is 13.0. The largest absolute Gasteiger partial charge is 0.466 e. The number of likely N-dealkylation sites (tertiary alicyclic amines) is 1. The minimum absolute atomic E-state index is 0.136. The molecule has 8 heteroatoms. The van der Waals surface area contributed by atoms with Gasteiger partial charge in [-0.3, -0.25) is 19.3 Å². The van der Waals surface area contributed by atoms with E-state index in [2.05, 4.69) is 31.9 Å². The fourth-order valence-electron chi connectivity index (χ4n) is 3.56. The Labute approximate surface area is 169 Å². The van der Waals surface area contributed by atoms with Gasteiger partial charge in [-0.05, 0) is 60.4 Å². The van der Waals surface area contributed by atoms with Gasteiger partial charge in [0.2, 0.25) is 5.91 Å². The van der Waals surface area contributed by atoms with Gasteiger partial charge in [-0.2, -0.15) is 0 Å². The van der Waals surface area contributed by atoms with Gasteiger partial charge in [0.05, 0.1) is 30.7 Å². The number of carbonyl (C=O) groups is 3. The Morgan fingerprint density at radius 1 is 1.31 bits per heavy atom. The van der Waals surface area contributed by atoms with E-state index in [0.29, 0.717) is 29.9 Å². The van der Waals surface area contributed by atoms with Gasteiger partial charge >= 0.3 is 5.97 Å². The van der Waals surface area contributed by atoms with E-state index >= 15 is 0 Å². The summed E-state index contributed by atoms with van der Waals surface area (Å²) in [6.45, 7) is 3.29. The molecular weight excluding hydrogens is 468 g/mol. The smallest absolute Gasteiger partial charge is 0.310 e.